The van der Waals surface area contributed by atoms with Crippen LogP contribution in [0.1, 0.15) is 6.92 Å². The zero-order chi connectivity index (χ0) is 12.1. The van der Waals surface area contributed by atoms with Crippen LogP contribution < -0.4 is 5.32 Å². The number of esters is 1. The molecular formula is C10H9BrFNO3. The average Bonchev–Trinajstić information content (AvgIpc) is 2.24. The molecule has 4 nitrogen and oxygen atoms in total. The molecule has 0 spiro atoms. The number of hydrogen-bond donors (Lipinski definition) is 1. The minimum Gasteiger partial charge on any atom is -0.459 e. The Hall–Kier alpha value is -1.43. The molecule has 0 unspecified atom stereocenters. The lowest BCUT2D eigenvalue weighted by Gasteiger charge is -2.05. The van der Waals surface area contributed by atoms with Gasteiger partial charge < -0.3 is 10.1 Å². The topological polar surface area (TPSA) is 55.4 Å². The smallest absolute Gasteiger partial charge is 0.397 e. The molecule has 0 aliphatic heterocycles. The third-order valence-electron chi connectivity index (χ3n) is 1.64. The fourth-order valence-corrected chi connectivity index (χ4v) is 1.20. The van der Waals surface area contributed by atoms with Crippen LogP contribution in [-0.2, 0) is 14.3 Å². The van der Waals surface area contributed by atoms with Crippen LogP contribution in [0.3, 0.4) is 0 Å². The van der Waals surface area contributed by atoms with Gasteiger partial charge in [0.1, 0.15) is 5.82 Å². The zero-order valence-corrected chi connectivity index (χ0v) is 10.0. The summed E-state index contributed by atoms with van der Waals surface area (Å²) in [5.41, 5.74) is 0.193. The Bertz CT molecular complexity index is 423. The highest BCUT2D eigenvalue weighted by molar-refractivity contribution is 9.10. The fourth-order valence-electron chi connectivity index (χ4n) is 0.953. The second kappa shape index (κ2) is 5.60. The average molecular weight is 290 g/mol. The van der Waals surface area contributed by atoms with Gasteiger partial charge in [-0.2, -0.15) is 0 Å². The lowest BCUT2D eigenvalue weighted by atomic mass is 10.3. The van der Waals surface area contributed by atoms with Gasteiger partial charge in [-0.05, 0) is 41.1 Å². The van der Waals surface area contributed by atoms with Crippen molar-refractivity contribution in [2.24, 2.45) is 0 Å². The number of amides is 1. The number of carbonyl (C=O) groups is 2. The normalized spacial score (nSPS) is 9.69. The summed E-state index contributed by atoms with van der Waals surface area (Å²) in [4.78, 5) is 22.1. The van der Waals surface area contributed by atoms with Crippen molar-refractivity contribution < 1.29 is 18.7 Å². The Labute approximate surface area is 99.9 Å². The number of hydrogen-bond acceptors (Lipinski definition) is 3. The molecule has 0 heterocycles. The molecule has 0 bridgehead atoms. The van der Waals surface area contributed by atoms with E-state index >= 15 is 0 Å². The van der Waals surface area contributed by atoms with E-state index < -0.39 is 17.7 Å². The quantitative estimate of drug-likeness (QED) is 0.670. The molecule has 1 aromatic rings. The summed E-state index contributed by atoms with van der Waals surface area (Å²) in [6.45, 7) is 1.70. The number of nitrogens with one attached hydrogen (secondary N) is 1. The van der Waals surface area contributed by atoms with Gasteiger partial charge >= 0.3 is 11.9 Å². The van der Waals surface area contributed by atoms with Crippen molar-refractivity contribution >= 4 is 33.5 Å². The highest BCUT2D eigenvalue weighted by Crippen LogP contribution is 2.19. The molecule has 1 rings (SSSR count). The molecule has 1 N–H and O–H groups in total. The minimum atomic E-state index is -0.995. The van der Waals surface area contributed by atoms with Crippen LogP contribution in [0.5, 0.6) is 0 Å². The molecule has 0 fully saturated rings. The van der Waals surface area contributed by atoms with Gasteiger partial charge in [0, 0.05) is 5.69 Å². The molecule has 0 saturated carbocycles. The van der Waals surface area contributed by atoms with Crippen LogP contribution in [-0.4, -0.2) is 18.5 Å². The van der Waals surface area contributed by atoms with E-state index in [4.69, 9.17) is 0 Å². The van der Waals surface area contributed by atoms with Crippen molar-refractivity contribution in [3.8, 4) is 0 Å². The summed E-state index contributed by atoms with van der Waals surface area (Å²) in [6, 6.07) is 3.99. The van der Waals surface area contributed by atoms with Gasteiger partial charge in [-0.1, -0.05) is 0 Å². The zero-order valence-electron chi connectivity index (χ0n) is 8.42. The summed E-state index contributed by atoms with van der Waals surface area (Å²) in [6.07, 6.45) is 0. The summed E-state index contributed by atoms with van der Waals surface area (Å²) in [5.74, 6) is -2.45. The summed E-state index contributed by atoms with van der Waals surface area (Å²) < 4.78 is 17.8. The first-order valence-corrected chi connectivity index (χ1v) is 5.27. The van der Waals surface area contributed by atoms with Crippen molar-refractivity contribution in [2.75, 3.05) is 11.9 Å². The highest BCUT2D eigenvalue weighted by Gasteiger charge is 2.15. The summed E-state index contributed by atoms with van der Waals surface area (Å²) in [5, 5.41) is 2.22. The molecule has 0 aliphatic carbocycles. The van der Waals surface area contributed by atoms with Crippen LogP contribution in [0, 0.1) is 5.82 Å². The molecular weight excluding hydrogens is 281 g/mol. The maximum atomic E-state index is 13.1. The minimum absolute atomic E-state index is 0.112. The summed E-state index contributed by atoms with van der Waals surface area (Å²) in [7, 11) is 0. The van der Waals surface area contributed by atoms with Crippen molar-refractivity contribution in [3.05, 3.63) is 28.5 Å². The second-order valence-corrected chi connectivity index (χ2v) is 3.66. The Kier molecular flexibility index (Phi) is 4.42. The largest absolute Gasteiger partial charge is 0.459 e. The molecule has 0 radical (unpaired) electrons. The van der Waals surface area contributed by atoms with E-state index in [-0.39, 0.29) is 16.8 Å². The van der Waals surface area contributed by atoms with Gasteiger partial charge in [-0.3, -0.25) is 4.79 Å². The van der Waals surface area contributed by atoms with Gasteiger partial charge in [0.2, 0.25) is 0 Å². The Morgan fingerprint density at radius 1 is 1.50 bits per heavy atom. The van der Waals surface area contributed by atoms with E-state index in [1.807, 2.05) is 0 Å². The van der Waals surface area contributed by atoms with Gasteiger partial charge in [-0.15, -0.1) is 0 Å². The van der Waals surface area contributed by atoms with E-state index in [1.54, 1.807) is 6.92 Å². The van der Waals surface area contributed by atoms with Gasteiger partial charge in [0.05, 0.1) is 11.1 Å². The summed E-state index contributed by atoms with van der Waals surface area (Å²) >= 11 is 2.97. The van der Waals surface area contributed by atoms with Gasteiger partial charge in [0.25, 0.3) is 0 Å². The Balaban J connectivity index is 2.70. The molecule has 1 aromatic carbocycles. The molecule has 0 aromatic heterocycles. The molecule has 86 valence electrons. The monoisotopic (exact) mass is 289 g/mol. The van der Waals surface area contributed by atoms with Crippen LogP contribution >= 0.6 is 15.9 Å². The van der Waals surface area contributed by atoms with Crippen molar-refractivity contribution in [1.82, 2.24) is 0 Å². The number of halogens is 2. The van der Waals surface area contributed by atoms with Crippen molar-refractivity contribution in [1.29, 1.82) is 0 Å². The highest BCUT2D eigenvalue weighted by atomic mass is 79.9. The molecule has 6 heteroatoms. The maximum absolute atomic E-state index is 13.1. The number of carbonyl (C=O) groups excluding carboxylic acids is 2. The lowest BCUT2D eigenvalue weighted by Crippen LogP contribution is -2.25. The number of ether oxygens (including phenoxy) is 1. The molecule has 16 heavy (non-hydrogen) atoms. The van der Waals surface area contributed by atoms with E-state index in [2.05, 4.69) is 26.0 Å². The number of benzene rings is 1. The molecule has 0 atom stereocenters. The number of rotatable bonds is 2. The van der Waals surface area contributed by atoms with Crippen molar-refractivity contribution in [2.45, 2.75) is 6.92 Å². The number of anilines is 1. The predicted octanol–water partition coefficient (Wildman–Crippen LogP) is 2.09. The SMILES string of the molecule is CCOC(=O)C(=O)Nc1ccc(Br)c(F)c1. The standard InChI is InChI=1S/C10H9BrFNO3/c1-2-16-10(15)9(14)13-6-3-4-7(11)8(12)5-6/h3-5H,2H2,1H3,(H,13,14). The van der Waals surface area contributed by atoms with Crippen molar-refractivity contribution in [3.63, 3.8) is 0 Å². The van der Waals surface area contributed by atoms with E-state index in [1.165, 1.54) is 12.1 Å². The lowest BCUT2D eigenvalue weighted by molar-refractivity contribution is -0.152. The van der Waals surface area contributed by atoms with Crippen LogP contribution in [0.25, 0.3) is 0 Å². The van der Waals surface area contributed by atoms with E-state index in [0.29, 0.717) is 0 Å². The first-order chi connectivity index (χ1) is 7.54. The van der Waals surface area contributed by atoms with E-state index in [0.717, 1.165) is 6.07 Å². The van der Waals surface area contributed by atoms with Crippen LogP contribution in [0.2, 0.25) is 0 Å². The predicted molar refractivity (Wildman–Crippen MR) is 59.4 cm³/mol. The molecule has 1 amide bonds. The Morgan fingerprint density at radius 3 is 2.75 bits per heavy atom. The molecule has 0 saturated heterocycles. The fraction of sp³-hybridized carbons (Fsp3) is 0.200. The Morgan fingerprint density at radius 2 is 2.19 bits per heavy atom. The molecule has 0 aliphatic rings. The van der Waals surface area contributed by atoms with Gasteiger partial charge in [0.15, 0.2) is 0 Å². The third kappa shape index (κ3) is 3.30. The van der Waals surface area contributed by atoms with Crippen LogP contribution in [0.4, 0.5) is 10.1 Å². The second-order valence-electron chi connectivity index (χ2n) is 2.80. The first kappa shape index (κ1) is 12.6. The maximum Gasteiger partial charge on any atom is 0.397 e. The van der Waals surface area contributed by atoms with Crippen LogP contribution in [0.15, 0.2) is 22.7 Å². The van der Waals surface area contributed by atoms with E-state index in [9.17, 15) is 14.0 Å². The third-order valence-corrected chi connectivity index (χ3v) is 2.28. The van der Waals surface area contributed by atoms with Gasteiger partial charge in [-0.25, -0.2) is 9.18 Å². The first-order valence-electron chi connectivity index (χ1n) is 4.47.